The Balaban J connectivity index is 1.11. The molecular weight excluding hydrogens is 501 g/mol. The zero-order chi connectivity index (χ0) is 27.3. The van der Waals surface area contributed by atoms with Crippen LogP contribution in [0.3, 0.4) is 0 Å². The summed E-state index contributed by atoms with van der Waals surface area (Å²) >= 11 is 0. The Morgan fingerprint density at radius 1 is 1.08 bits per heavy atom. The van der Waals surface area contributed by atoms with Crippen molar-refractivity contribution in [1.82, 2.24) is 4.98 Å². The average Bonchev–Trinajstić information content (AvgIpc) is 3.51. The van der Waals surface area contributed by atoms with Gasteiger partial charge >= 0.3 is 5.97 Å². The van der Waals surface area contributed by atoms with Crippen LogP contribution in [0, 0.1) is 30.5 Å². The van der Waals surface area contributed by atoms with Gasteiger partial charge in [0.05, 0.1) is 24.7 Å². The fourth-order valence-corrected chi connectivity index (χ4v) is 6.37. The first-order chi connectivity index (χ1) is 18.8. The van der Waals surface area contributed by atoms with Crippen molar-refractivity contribution in [2.24, 2.45) is 17.8 Å². The summed E-state index contributed by atoms with van der Waals surface area (Å²) in [5.41, 5.74) is 5.02. The first-order valence-electron chi connectivity index (χ1n) is 13.5. The minimum atomic E-state index is -0.786. The van der Waals surface area contributed by atoms with E-state index in [0.29, 0.717) is 23.6 Å². The van der Waals surface area contributed by atoms with Crippen LogP contribution in [-0.2, 0) is 17.8 Å². The molecule has 3 N–H and O–H groups in total. The number of hydrogen-bond donors (Lipinski definition) is 3. The van der Waals surface area contributed by atoms with E-state index < -0.39 is 18.2 Å². The summed E-state index contributed by atoms with van der Waals surface area (Å²) in [6, 6.07) is 14.3. The second kappa shape index (κ2) is 10.2. The molecule has 39 heavy (non-hydrogen) atoms. The van der Waals surface area contributed by atoms with Gasteiger partial charge in [0, 0.05) is 34.7 Å². The highest BCUT2D eigenvalue weighted by atomic mass is 19.1. The number of aromatic nitrogens is 1. The molecule has 0 spiro atoms. The average molecular weight is 534 g/mol. The fraction of sp³-hybridized carbons (Fsp3) is 0.419. The summed E-state index contributed by atoms with van der Waals surface area (Å²) in [4.78, 5) is 15.9. The Labute approximate surface area is 226 Å². The third-order valence-corrected chi connectivity index (χ3v) is 8.59. The summed E-state index contributed by atoms with van der Waals surface area (Å²) in [6.45, 7) is 2.21. The van der Waals surface area contributed by atoms with Gasteiger partial charge in [-0.25, -0.2) is 9.37 Å². The molecule has 2 aromatic carbocycles. The number of carbonyl (C=O) groups is 1. The van der Waals surface area contributed by atoms with Crippen LogP contribution in [0.5, 0.6) is 11.6 Å². The van der Waals surface area contributed by atoms with Crippen molar-refractivity contribution in [2.75, 3.05) is 6.61 Å². The van der Waals surface area contributed by atoms with Gasteiger partial charge in [-0.3, -0.25) is 4.79 Å². The molecule has 6 rings (SSSR count). The zero-order valence-electron chi connectivity index (χ0n) is 21.7. The number of ether oxygens (including phenoxy) is 2. The van der Waals surface area contributed by atoms with Crippen molar-refractivity contribution in [3.8, 4) is 22.8 Å². The Morgan fingerprint density at radius 2 is 1.92 bits per heavy atom. The molecule has 1 aromatic heterocycles. The smallest absolute Gasteiger partial charge is 0.307 e. The molecule has 3 aliphatic carbocycles. The van der Waals surface area contributed by atoms with Gasteiger partial charge in [-0.05, 0) is 79.1 Å². The highest BCUT2D eigenvalue weighted by molar-refractivity contribution is 5.78. The number of carboxylic acids is 1. The van der Waals surface area contributed by atoms with E-state index >= 15 is 0 Å². The van der Waals surface area contributed by atoms with Crippen molar-refractivity contribution in [3.63, 3.8) is 0 Å². The second-order valence-electron chi connectivity index (χ2n) is 11.1. The Bertz CT molecular complexity index is 1410. The third kappa shape index (κ3) is 4.99. The van der Waals surface area contributed by atoms with Crippen LogP contribution in [0.4, 0.5) is 4.39 Å². The van der Waals surface area contributed by atoms with Gasteiger partial charge in [0.15, 0.2) is 0 Å². The van der Waals surface area contributed by atoms with Crippen LogP contribution < -0.4 is 9.47 Å². The number of nitrogens with zero attached hydrogens (tertiary/aromatic N) is 1. The van der Waals surface area contributed by atoms with Gasteiger partial charge in [-0.2, -0.15) is 0 Å². The maximum absolute atomic E-state index is 14.7. The van der Waals surface area contributed by atoms with Crippen LogP contribution in [0.25, 0.3) is 11.1 Å². The lowest BCUT2D eigenvalue weighted by atomic mass is 9.85. The molecule has 0 amide bonds. The molecule has 204 valence electrons. The minimum absolute atomic E-state index is 0.0618. The quantitative estimate of drug-likeness (QED) is 0.387. The van der Waals surface area contributed by atoms with Crippen LogP contribution in [0.15, 0.2) is 48.5 Å². The largest absolute Gasteiger partial charge is 0.489 e. The number of aliphatic hydroxyl groups is 2. The number of benzene rings is 2. The maximum Gasteiger partial charge on any atom is 0.307 e. The van der Waals surface area contributed by atoms with E-state index in [2.05, 4.69) is 4.98 Å². The van der Waals surface area contributed by atoms with Gasteiger partial charge in [-0.15, -0.1) is 0 Å². The number of hydrogen-bond acceptors (Lipinski definition) is 6. The second-order valence-corrected chi connectivity index (χ2v) is 11.1. The molecule has 0 aliphatic heterocycles. The Morgan fingerprint density at radius 3 is 2.72 bits per heavy atom. The van der Waals surface area contributed by atoms with E-state index in [4.69, 9.17) is 9.47 Å². The van der Waals surface area contributed by atoms with Crippen molar-refractivity contribution in [1.29, 1.82) is 0 Å². The minimum Gasteiger partial charge on any atom is -0.489 e. The number of aryl methyl sites for hydroxylation is 1. The highest BCUT2D eigenvalue weighted by Crippen LogP contribution is 2.61. The van der Waals surface area contributed by atoms with Crippen LogP contribution in [-0.4, -0.2) is 45.1 Å². The lowest BCUT2D eigenvalue weighted by Crippen LogP contribution is -2.40. The standard InChI is InChI=1S/C31H32FNO6/c1-16-22(8-10-27(33-16)39-14-18-3-2-4-26(34)30(18)35)17-5-9-25(32)20(11-17)15-38-21-6-7-23-19(12-21)13-24-28(23)29(24)31(36)37/h5-12,18,24,26,28-30,34-35H,2-4,13-15H2,1H3,(H,36,37)/t18-,24-,26+,28+,29+,30-/m1/s1. The number of fused-ring (bicyclic) bond motifs is 3. The Hall–Kier alpha value is -3.49. The number of aliphatic carboxylic acids is 1. The molecule has 0 saturated heterocycles. The van der Waals surface area contributed by atoms with E-state index in [1.54, 1.807) is 18.2 Å². The highest BCUT2D eigenvalue weighted by Gasteiger charge is 2.59. The molecule has 0 radical (unpaired) electrons. The van der Waals surface area contributed by atoms with Crippen molar-refractivity contribution < 1.29 is 34.0 Å². The molecule has 6 atom stereocenters. The SMILES string of the molecule is Cc1nc(OC[C@H]2CCC[C@H](O)[C@@H]2O)ccc1-c1ccc(F)c(COc2ccc3c(c2)C[C@H]2[C@H](C(=O)O)[C@@H]32)c1. The number of aliphatic hydroxyl groups excluding tert-OH is 2. The molecule has 7 nitrogen and oxygen atoms in total. The van der Waals surface area contributed by atoms with E-state index in [1.165, 1.54) is 6.07 Å². The fourth-order valence-electron chi connectivity index (χ4n) is 6.37. The zero-order valence-corrected chi connectivity index (χ0v) is 21.7. The van der Waals surface area contributed by atoms with E-state index in [1.807, 2.05) is 31.2 Å². The van der Waals surface area contributed by atoms with Crippen molar-refractivity contribution in [2.45, 2.75) is 57.3 Å². The van der Waals surface area contributed by atoms with E-state index in [9.17, 15) is 24.5 Å². The summed E-state index contributed by atoms with van der Waals surface area (Å²) < 4.78 is 26.4. The molecular formula is C31H32FNO6. The number of pyridine rings is 1. The molecule has 0 bridgehead atoms. The first kappa shape index (κ1) is 25.8. The van der Waals surface area contributed by atoms with Gasteiger partial charge in [0.2, 0.25) is 5.88 Å². The monoisotopic (exact) mass is 533 g/mol. The van der Waals surface area contributed by atoms with Gasteiger partial charge in [0.25, 0.3) is 0 Å². The number of rotatable bonds is 8. The molecule has 2 saturated carbocycles. The summed E-state index contributed by atoms with van der Waals surface area (Å²) in [5, 5.41) is 29.4. The normalized spacial score (nSPS) is 27.0. The maximum atomic E-state index is 14.7. The predicted octanol–water partition coefficient (Wildman–Crippen LogP) is 4.65. The van der Waals surface area contributed by atoms with E-state index in [-0.39, 0.29) is 42.7 Å². The van der Waals surface area contributed by atoms with Crippen molar-refractivity contribution in [3.05, 3.63) is 76.7 Å². The third-order valence-electron chi connectivity index (χ3n) is 8.59. The molecule has 0 unspecified atom stereocenters. The molecule has 3 aromatic rings. The van der Waals surface area contributed by atoms with E-state index in [0.717, 1.165) is 47.2 Å². The van der Waals surface area contributed by atoms with Crippen LogP contribution >= 0.6 is 0 Å². The van der Waals surface area contributed by atoms with Gasteiger partial charge in [-0.1, -0.05) is 18.6 Å². The molecule has 2 fully saturated rings. The topological polar surface area (TPSA) is 109 Å². The van der Waals surface area contributed by atoms with Gasteiger partial charge in [0.1, 0.15) is 18.2 Å². The van der Waals surface area contributed by atoms with Crippen LogP contribution in [0.2, 0.25) is 0 Å². The molecule has 8 heteroatoms. The summed E-state index contributed by atoms with van der Waals surface area (Å²) in [5.74, 6) is -0.0991. The summed E-state index contributed by atoms with van der Waals surface area (Å²) in [6.07, 6.45) is 1.51. The van der Waals surface area contributed by atoms with Crippen LogP contribution in [0.1, 0.15) is 47.6 Å². The molecule has 1 heterocycles. The predicted molar refractivity (Wildman–Crippen MR) is 141 cm³/mol. The summed E-state index contributed by atoms with van der Waals surface area (Å²) in [7, 11) is 0. The van der Waals surface area contributed by atoms with Gasteiger partial charge < -0.3 is 24.8 Å². The first-order valence-corrected chi connectivity index (χ1v) is 13.5. The number of halogens is 1. The van der Waals surface area contributed by atoms with Crippen molar-refractivity contribution >= 4 is 5.97 Å². The lowest BCUT2D eigenvalue weighted by molar-refractivity contribution is -0.139. The Kier molecular flexibility index (Phi) is 6.77. The lowest BCUT2D eigenvalue weighted by Gasteiger charge is -2.31. The molecule has 3 aliphatic rings. The number of carboxylic acid groups (broad SMARTS) is 1.